The van der Waals surface area contributed by atoms with E-state index in [1.165, 1.54) is 6.21 Å². The summed E-state index contributed by atoms with van der Waals surface area (Å²) in [6.07, 6.45) is 1.23. The molecule has 0 aliphatic heterocycles. The lowest BCUT2D eigenvalue weighted by Gasteiger charge is -2.11. The highest BCUT2D eigenvalue weighted by Crippen LogP contribution is 2.24. The lowest BCUT2D eigenvalue weighted by Crippen LogP contribution is -2.19. The summed E-state index contributed by atoms with van der Waals surface area (Å²) in [4.78, 5) is 12.9. The molecule has 0 bridgehead atoms. The van der Waals surface area contributed by atoms with Gasteiger partial charge in [0.2, 0.25) is 0 Å². The molecule has 1 atom stereocenters. The summed E-state index contributed by atoms with van der Waals surface area (Å²) in [6, 6.07) is 12.0. The Morgan fingerprint density at radius 2 is 1.91 bits per heavy atom. The molecule has 22 heavy (non-hydrogen) atoms. The molecule has 0 heterocycles. The van der Waals surface area contributed by atoms with Crippen molar-refractivity contribution in [1.82, 2.24) is 5.32 Å². The second-order valence-electron chi connectivity index (χ2n) is 4.49. The molecule has 0 radical (unpaired) electrons. The number of rotatable bonds is 5. The second kappa shape index (κ2) is 7.00. The molecule has 1 unspecified atom stereocenters. The maximum Gasteiger partial charge on any atom is 0.252 e. The lowest BCUT2D eigenvalue weighted by atomic mass is 10.2. The van der Waals surface area contributed by atoms with Crippen LogP contribution in [-0.2, 0) is 10.8 Å². The first kappa shape index (κ1) is 15.9. The monoisotopic (exact) mass is 315 g/mol. The van der Waals surface area contributed by atoms with Crippen LogP contribution in [0.4, 0.5) is 5.69 Å². The van der Waals surface area contributed by atoms with Crippen LogP contribution in [-0.4, -0.2) is 30.4 Å². The molecular weight excluding hydrogens is 298 g/mol. The molecule has 0 aromatic heterocycles. The molecule has 6 heteroatoms. The minimum absolute atomic E-state index is 0.270. The Bertz CT molecular complexity index is 744. The maximum atomic E-state index is 12.8. The molecule has 5 nitrogen and oxygen atoms in total. The van der Waals surface area contributed by atoms with Gasteiger partial charge in [0.05, 0.1) is 21.3 Å². The Labute approximate surface area is 131 Å². The van der Waals surface area contributed by atoms with E-state index in [1.54, 1.807) is 56.6 Å². The number of benzene rings is 2. The normalized spacial score (nSPS) is 11.5. The smallest absolute Gasteiger partial charge is 0.252 e. The average Bonchev–Trinajstić information content (AvgIpc) is 2.59. The van der Waals surface area contributed by atoms with Gasteiger partial charge in [0.1, 0.15) is 0 Å². The first-order valence-electron chi connectivity index (χ1n) is 6.67. The summed E-state index contributed by atoms with van der Waals surface area (Å²) in [5, 5.41) is 12.9. The van der Waals surface area contributed by atoms with E-state index in [0.29, 0.717) is 20.9 Å². The minimum atomic E-state index is -1.48. The van der Waals surface area contributed by atoms with E-state index in [9.17, 15) is 9.00 Å². The molecule has 0 aliphatic carbocycles. The van der Waals surface area contributed by atoms with Crippen LogP contribution >= 0.6 is 0 Å². The van der Waals surface area contributed by atoms with Gasteiger partial charge >= 0.3 is 0 Å². The second-order valence-corrected chi connectivity index (χ2v) is 5.94. The van der Waals surface area contributed by atoms with Crippen LogP contribution in [0.25, 0.3) is 0 Å². The fourth-order valence-electron chi connectivity index (χ4n) is 2.07. The van der Waals surface area contributed by atoms with E-state index in [2.05, 4.69) is 10.6 Å². The van der Waals surface area contributed by atoms with Gasteiger partial charge in [0.15, 0.2) is 0 Å². The Balaban J connectivity index is 2.49. The largest absolute Gasteiger partial charge is 0.388 e. The molecule has 2 rings (SSSR count). The summed E-state index contributed by atoms with van der Waals surface area (Å²) in [6.45, 7) is 0. The zero-order chi connectivity index (χ0) is 16.1. The van der Waals surface area contributed by atoms with Crippen LogP contribution in [0.1, 0.15) is 15.9 Å². The van der Waals surface area contributed by atoms with Crippen molar-refractivity contribution >= 4 is 28.6 Å². The van der Waals surface area contributed by atoms with E-state index < -0.39 is 10.8 Å². The quantitative estimate of drug-likeness (QED) is 0.740. The van der Waals surface area contributed by atoms with Crippen LogP contribution in [0.2, 0.25) is 0 Å². The van der Waals surface area contributed by atoms with Crippen molar-refractivity contribution in [3.63, 3.8) is 0 Å². The van der Waals surface area contributed by atoms with Gasteiger partial charge in [-0.1, -0.05) is 18.2 Å². The van der Waals surface area contributed by atoms with Crippen LogP contribution in [0, 0.1) is 5.41 Å². The first-order chi connectivity index (χ1) is 10.6. The molecule has 0 saturated carbocycles. The van der Waals surface area contributed by atoms with Crippen molar-refractivity contribution in [3.8, 4) is 0 Å². The van der Waals surface area contributed by atoms with Crippen molar-refractivity contribution in [3.05, 3.63) is 53.6 Å². The molecule has 2 aromatic rings. The van der Waals surface area contributed by atoms with Crippen molar-refractivity contribution < 1.29 is 9.00 Å². The molecule has 114 valence electrons. The highest BCUT2D eigenvalue weighted by atomic mass is 32.2. The summed E-state index contributed by atoms with van der Waals surface area (Å²) >= 11 is 0. The van der Waals surface area contributed by atoms with E-state index in [1.807, 2.05) is 0 Å². The first-order valence-corrected chi connectivity index (χ1v) is 7.82. The summed E-state index contributed by atoms with van der Waals surface area (Å²) in [5.41, 5.74) is 1.83. The van der Waals surface area contributed by atoms with Crippen molar-refractivity contribution in [2.24, 2.45) is 0 Å². The van der Waals surface area contributed by atoms with Gasteiger partial charge < -0.3 is 16.0 Å². The summed E-state index contributed by atoms with van der Waals surface area (Å²) in [7, 11) is 1.81. The number of carbonyl (C=O) groups is 1. The van der Waals surface area contributed by atoms with Gasteiger partial charge in [0.25, 0.3) is 5.91 Å². The number of carbonyl (C=O) groups excluding carboxylic acids is 1. The molecule has 0 spiro atoms. The Morgan fingerprint density at radius 1 is 1.18 bits per heavy atom. The van der Waals surface area contributed by atoms with E-state index in [0.717, 1.165) is 5.69 Å². The van der Waals surface area contributed by atoms with Crippen molar-refractivity contribution in [2.45, 2.75) is 9.79 Å². The fourth-order valence-corrected chi connectivity index (χ4v) is 3.30. The lowest BCUT2D eigenvalue weighted by molar-refractivity contribution is 0.0960. The fraction of sp³-hybridized carbons (Fsp3) is 0.125. The predicted octanol–water partition coefficient (Wildman–Crippen LogP) is 2.25. The zero-order valence-corrected chi connectivity index (χ0v) is 13.2. The topological polar surface area (TPSA) is 82.1 Å². The summed E-state index contributed by atoms with van der Waals surface area (Å²) in [5.74, 6) is -0.270. The van der Waals surface area contributed by atoms with Gasteiger partial charge in [0, 0.05) is 36.5 Å². The summed E-state index contributed by atoms with van der Waals surface area (Å²) < 4.78 is 12.8. The van der Waals surface area contributed by atoms with E-state index in [4.69, 9.17) is 5.41 Å². The molecule has 0 aliphatic rings. The molecule has 2 aromatic carbocycles. The highest BCUT2D eigenvalue weighted by molar-refractivity contribution is 7.85. The Kier molecular flexibility index (Phi) is 5.06. The van der Waals surface area contributed by atoms with Crippen molar-refractivity contribution in [1.29, 1.82) is 5.41 Å². The van der Waals surface area contributed by atoms with Gasteiger partial charge in [-0.25, -0.2) is 4.21 Å². The SMILES string of the molecule is CNC(=O)c1ccccc1S(=O)c1ccc(C=N)c(NC)c1. The maximum absolute atomic E-state index is 12.8. The number of hydrogen-bond acceptors (Lipinski definition) is 4. The third kappa shape index (κ3) is 3.07. The number of nitrogens with one attached hydrogen (secondary N) is 3. The van der Waals surface area contributed by atoms with E-state index in [-0.39, 0.29) is 5.91 Å². The van der Waals surface area contributed by atoms with Crippen LogP contribution < -0.4 is 10.6 Å². The van der Waals surface area contributed by atoms with Crippen LogP contribution in [0.5, 0.6) is 0 Å². The highest BCUT2D eigenvalue weighted by Gasteiger charge is 2.16. The minimum Gasteiger partial charge on any atom is -0.388 e. The zero-order valence-electron chi connectivity index (χ0n) is 12.3. The van der Waals surface area contributed by atoms with Gasteiger partial charge in [-0.3, -0.25) is 4.79 Å². The number of amides is 1. The predicted molar refractivity (Wildman–Crippen MR) is 88.4 cm³/mol. The number of anilines is 1. The molecule has 0 saturated heterocycles. The van der Waals surface area contributed by atoms with Gasteiger partial charge in [-0.2, -0.15) is 0 Å². The van der Waals surface area contributed by atoms with Crippen molar-refractivity contribution in [2.75, 3.05) is 19.4 Å². The number of hydrogen-bond donors (Lipinski definition) is 3. The third-order valence-corrected chi connectivity index (χ3v) is 4.66. The van der Waals surface area contributed by atoms with Gasteiger partial charge in [-0.05, 0) is 24.3 Å². The molecule has 3 N–H and O–H groups in total. The Hall–Kier alpha value is -2.47. The van der Waals surface area contributed by atoms with Gasteiger partial charge in [-0.15, -0.1) is 0 Å². The average molecular weight is 315 g/mol. The Morgan fingerprint density at radius 3 is 2.55 bits per heavy atom. The molecular formula is C16H17N3O2S. The third-order valence-electron chi connectivity index (χ3n) is 3.22. The standard InChI is InChI=1S/C16H17N3O2S/c1-18-14-9-12(8-7-11(14)10-17)22(21)15-6-4-3-5-13(15)16(20)19-2/h3-10,17-18H,1-2H3,(H,19,20). The molecule has 1 amide bonds. The van der Waals surface area contributed by atoms with Crippen LogP contribution in [0.15, 0.2) is 52.3 Å². The van der Waals surface area contributed by atoms with E-state index >= 15 is 0 Å². The molecule has 0 fully saturated rings. The van der Waals surface area contributed by atoms with Crippen LogP contribution in [0.3, 0.4) is 0 Å².